The molecular weight excluding hydrogens is 289 g/mol. The second-order valence-corrected chi connectivity index (χ2v) is 5.01. The molecule has 0 N–H and O–H groups in total. The summed E-state index contributed by atoms with van der Waals surface area (Å²) < 4.78 is 14.2. The van der Waals surface area contributed by atoms with Gasteiger partial charge in [0.1, 0.15) is 5.82 Å². The van der Waals surface area contributed by atoms with E-state index in [0.29, 0.717) is 19.6 Å². The Labute approximate surface area is 126 Å². The molecule has 1 aromatic heterocycles. The molecular formula is C15H16FN3O3. The topological polar surface area (TPSA) is 68.4 Å². The highest BCUT2D eigenvalue weighted by molar-refractivity contribution is 5.25. The molecule has 0 atom stereocenters. The molecule has 7 heteroatoms. The van der Waals surface area contributed by atoms with E-state index in [1.54, 1.807) is 12.1 Å². The highest BCUT2D eigenvalue weighted by Gasteiger charge is 2.13. The van der Waals surface area contributed by atoms with Crippen LogP contribution < -0.4 is 5.56 Å². The number of nitrogens with zero attached hydrogens (tertiary/aromatic N) is 3. The normalized spacial score (nSPS) is 10.9. The van der Waals surface area contributed by atoms with Crippen molar-refractivity contribution < 1.29 is 9.31 Å². The third-order valence-corrected chi connectivity index (χ3v) is 3.29. The summed E-state index contributed by atoms with van der Waals surface area (Å²) in [5.41, 5.74) is -0.0818. The summed E-state index contributed by atoms with van der Waals surface area (Å²) in [6, 6.07) is 8.87. The Hall–Kier alpha value is -2.54. The number of hydrogen-bond donors (Lipinski definition) is 0. The van der Waals surface area contributed by atoms with Gasteiger partial charge in [-0.05, 0) is 30.8 Å². The predicted octanol–water partition coefficient (Wildman–Crippen LogP) is 2.03. The van der Waals surface area contributed by atoms with E-state index in [1.807, 2.05) is 11.9 Å². The van der Waals surface area contributed by atoms with Crippen molar-refractivity contribution in [2.45, 2.75) is 13.1 Å². The van der Waals surface area contributed by atoms with Gasteiger partial charge in [0, 0.05) is 31.9 Å². The molecule has 0 saturated heterocycles. The lowest BCUT2D eigenvalue weighted by Gasteiger charge is -2.17. The van der Waals surface area contributed by atoms with Gasteiger partial charge in [-0.15, -0.1) is 0 Å². The number of pyridine rings is 1. The summed E-state index contributed by atoms with van der Waals surface area (Å²) in [4.78, 5) is 23.9. The Bertz CT molecular complexity index is 713. The third-order valence-electron chi connectivity index (χ3n) is 3.29. The van der Waals surface area contributed by atoms with Crippen LogP contribution in [0.1, 0.15) is 5.56 Å². The summed E-state index contributed by atoms with van der Waals surface area (Å²) in [6.07, 6.45) is 1.53. The lowest BCUT2D eigenvalue weighted by Crippen LogP contribution is -2.28. The number of halogens is 1. The van der Waals surface area contributed by atoms with E-state index in [4.69, 9.17) is 0 Å². The van der Waals surface area contributed by atoms with Gasteiger partial charge in [0.2, 0.25) is 0 Å². The van der Waals surface area contributed by atoms with Crippen LogP contribution in [-0.4, -0.2) is 28.0 Å². The van der Waals surface area contributed by atoms with E-state index in [2.05, 4.69) is 0 Å². The molecule has 0 saturated carbocycles. The molecule has 0 amide bonds. The quantitative estimate of drug-likeness (QED) is 0.605. The van der Waals surface area contributed by atoms with Crippen LogP contribution in [-0.2, 0) is 13.1 Å². The van der Waals surface area contributed by atoms with Gasteiger partial charge in [-0.2, -0.15) is 0 Å². The van der Waals surface area contributed by atoms with Crippen molar-refractivity contribution in [2.75, 3.05) is 13.6 Å². The zero-order valence-corrected chi connectivity index (χ0v) is 12.1. The molecule has 1 aromatic carbocycles. The first-order valence-electron chi connectivity index (χ1n) is 6.74. The highest BCUT2D eigenvalue weighted by atomic mass is 19.1. The first kappa shape index (κ1) is 15.8. The molecule has 2 rings (SSSR count). The average molecular weight is 305 g/mol. The van der Waals surface area contributed by atoms with E-state index >= 15 is 0 Å². The van der Waals surface area contributed by atoms with Crippen LogP contribution in [0.3, 0.4) is 0 Å². The molecule has 0 aliphatic carbocycles. The lowest BCUT2D eigenvalue weighted by molar-refractivity contribution is -0.386. The maximum atomic E-state index is 12.8. The Morgan fingerprint density at radius 3 is 2.59 bits per heavy atom. The lowest BCUT2D eigenvalue weighted by atomic mass is 10.2. The van der Waals surface area contributed by atoms with E-state index < -0.39 is 16.2 Å². The summed E-state index contributed by atoms with van der Waals surface area (Å²) in [5, 5.41) is 10.7. The number of nitro groups is 1. The SMILES string of the molecule is CN(CCn1cccc([N+](=O)[O-])c1=O)Cc1ccc(F)cc1. The maximum Gasteiger partial charge on any atom is 0.334 e. The van der Waals surface area contributed by atoms with Gasteiger partial charge < -0.3 is 9.47 Å². The van der Waals surface area contributed by atoms with E-state index in [0.717, 1.165) is 5.56 Å². The molecule has 0 bridgehead atoms. The molecule has 2 aromatic rings. The Morgan fingerprint density at radius 1 is 1.27 bits per heavy atom. The smallest absolute Gasteiger partial charge is 0.308 e. The van der Waals surface area contributed by atoms with Crippen LogP contribution in [0.15, 0.2) is 47.4 Å². The monoisotopic (exact) mass is 305 g/mol. The zero-order valence-electron chi connectivity index (χ0n) is 12.1. The first-order chi connectivity index (χ1) is 10.5. The fraction of sp³-hybridized carbons (Fsp3) is 0.267. The largest absolute Gasteiger partial charge is 0.334 e. The number of rotatable bonds is 6. The molecule has 0 fully saturated rings. The highest BCUT2D eigenvalue weighted by Crippen LogP contribution is 2.06. The summed E-state index contributed by atoms with van der Waals surface area (Å²) in [7, 11) is 1.87. The number of aromatic nitrogens is 1. The van der Waals surface area contributed by atoms with Crippen molar-refractivity contribution in [1.82, 2.24) is 9.47 Å². The molecule has 22 heavy (non-hydrogen) atoms. The van der Waals surface area contributed by atoms with Crippen LogP contribution in [0.5, 0.6) is 0 Å². The summed E-state index contributed by atoms with van der Waals surface area (Å²) in [5.74, 6) is -0.283. The number of likely N-dealkylation sites (N-methyl/N-ethyl adjacent to an activating group) is 1. The van der Waals surface area contributed by atoms with Gasteiger partial charge in [0.05, 0.1) is 4.92 Å². The summed E-state index contributed by atoms with van der Waals surface area (Å²) in [6.45, 7) is 1.49. The van der Waals surface area contributed by atoms with Crippen molar-refractivity contribution in [3.05, 3.63) is 74.4 Å². The van der Waals surface area contributed by atoms with Crippen LogP contribution in [0.2, 0.25) is 0 Å². The minimum absolute atomic E-state index is 0.283. The van der Waals surface area contributed by atoms with Gasteiger partial charge in [0.15, 0.2) is 0 Å². The van der Waals surface area contributed by atoms with Crippen molar-refractivity contribution in [3.63, 3.8) is 0 Å². The van der Waals surface area contributed by atoms with Crippen LogP contribution in [0, 0.1) is 15.9 Å². The van der Waals surface area contributed by atoms with Crippen molar-refractivity contribution in [2.24, 2.45) is 0 Å². The van der Waals surface area contributed by atoms with Crippen molar-refractivity contribution >= 4 is 5.69 Å². The summed E-state index contributed by atoms with van der Waals surface area (Å²) >= 11 is 0. The number of hydrogen-bond acceptors (Lipinski definition) is 4. The van der Waals surface area contributed by atoms with Gasteiger partial charge in [-0.1, -0.05) is 12.1 Å². The van der Waals surface area contributed by atoms with E-state index in [1.165, 1.54) is 35.0 Å². The standard InChI is InChI=1S/C15H16FN3O3/c1-17(11-12-4-6-13(16)7-5-12)9-10-18-8-2-3-14(15(18)20)19(21)22/h2-8H,9-11H2,1H3. The molecule has 0 unspecified atom stereocenters. The van der Waals surface area contributed by atoms with Gasteiger partial charge in [-0.3, -0.25) is 14.9 Å². The number of benzene rings is 1. The Kier molecular flexibility index (Phi) is 5.00. The minimum Gasteiger partial charge on any atom is -0.308 e. The van der Waals surface area contributed by atoms with Gasteiger partial charge in [-0.25, -0.2) is 4.39 Å². The predicted molar refractivity (Wildman–Crippen MR) is 80.1 cm³/mol. The second kappa shape index (κ2) is 6.95. The molecule has 0 radical (unpaired) electrons. The van der Waals surface area contributed by atoms with Crippen LogP contribution in [0.25, 0.3) is 0 Å². The minimum atomic E-state index is -0.680. The van der Waals surface area contributed by atoms with Crippen molar-refractivity contribution in [3.8, 4) is 0 Å². The average Bonchev–Trinajstić information content (AvgIpc) is 2.48. The molecule has 0 aliphatic heterocycles. The van der Waals surface area contributed by atoms with Crippen molar-refractivity contribution in [1.29, 1.82) is 0 Å². The molecule has 1 heterocycles. The van der Waals surface area contributed by atoms with E-state index in [-0.39, 0.29) is 5.82 Å². The fourth-order valence-electron chi connectivity index (χ4n) is 2.10. The molecule has 0 aliphatic rings. The molecule has 6 nitrogen and oxygen atoms in total. The second-order valence-electron chi connectivity index (χ2n) is 5.01. The van der Waals surface area contributed by atoms with Gasteiger partial charge in [0.25, 0.3) is 0 Å². The molecule has 0 spiro atoms. The van der Waals surface area contributed by atoms with Crippen LogP contribution >= 0.6 is 0 Å². The van der Waals surface area contributed by atoms with Gasteiger partial charge >= 0.3 is 11.2 Å². The maximum absolute atomic E-state index is 12.8. The Morgan fingerprint density at radius 2 is 1.95 bits per heavy atom. The fourth-order valence-corrected chi connectivity index (χ4v) is 2.10. The molecule has 116 valence electrons. The zero-order chi connectivity index (χ0) is 16.1. The van der Waals surface area contributed by atoms with E-state index in [9.17, 15) is 19.3 Å². The third kappa shape index (κ3) is 3.98. The first-order valence-corrected chi connectivity index (χ1v) is 6.74. The van der Waals surface area contributed by atoms with Crippen LogP contribution in [0.4, 0.5) is 10.1 Å². The Balaban J connectivity index is 1.98.